The minimum absolute atomic E-state index is 0.0497. The van der Waals surface area contributed by atoms with Crippen LogP contribution in [0.4, 0.5) is 4.79 Å². The van der Waals surface area contributed by atoms with E-state index in [1.807, 2.05) is 6.07 Å². The Morgan fingerprint density at radius 3 is 2.58 bits per heavy atom. The zero-order valence-electron chi connectivity index (χ0n) is 13.3. The second-order valence-corrected chi connectivity index (χ2v) is 5.08. The van der Waals surface area contributed by atoms with Crippen molar-refractivity contribution in [1.29, 1.82) is 0 Å². The summed E-state index contributed by atoms with van der Waals surface area (Å²) < 4.78 is 5.02. The van der Waals surface area contributed by atoms with Gasteiger partial charge in [0.1, 0.15) is 11.3 Å². The summed E-state index contributed by atoms with van der Waals surface area (Å²) in [5.41, 5.74) is -0.0497. The van der Waals surface area contributed by atoms with E-state index >= 15 is 0 Å². The Labute approximate surface area is 138 Å². The molecular weight excluding hydrogens is 312 g/mol. The Kier molecular flexibility index (Phi) is 5.36. The van der Waals surface area contributed by atoms with Crippen molar-refractivity contribution in [2.24, 2.45) is 0 Å². The molecule has 1 atom stereocenters. The minimum atomic E-state index is -1.19. The number of nitrogens with one attached hydrogen (secondary N) is 2. The number of phenolic OH excluding ortho intramolecular Hbond substituents is 1. The first-order valence-electron chi connectivity index (χ1n) is 7.44. The van der Waals surface area contributed by atoms with Gasteiger partial charge in [-0.25, -0.2) is 9.59 Å². The number of esters is 1. The predicted octanol–water partition coefficient (Wildman–Crippen LogP) is 1.94. The van der Waals surface area contributed by atoms with Crippen LogP contribution in [0.2, 0.25) is 0 Å². The molecule has 0 bridgehead atoms. The van der Waals surface area contributed by atoms with Crippen molar-refractivity contribution in [1.82, 2.24) is 10.6 Å². The number of hydrogen-bond acceptors (Lipinski definition) is 5. The van der Waals surface area contributed by atoms with E-state index in [0.29, 0.717) is 11.9 Å². The van der Waals surface area contributed by atoms with E-state index in [-0.39, 0.29) is 11.3 Å². The number of amides is 3. The van der Waals surface area contributed by atoms with Crippen LogP contribution in [0.15, 0.2) is 36.4 Å². The van der Waals surface area contributed by atoms with Gasteiger partial charge in [0.25, 0.3) is 5.91 Å². The minimum Gasteiger partial charge on any atom is -0.506 e. The van der Waals surface area contributed by atoms with E-state index in [1.54, 1.807) is 31.2 Å². The third kappa shape index (κ3) is 3.81. The molecule has 3 N–H and O–H groups in total. The zero-order valence-corrected chi connectivity index (χ0v) is 13.3. The molecular formula is C17H18N2O5. The van der Waals surface area contributed by atoms with E-state index in [2.05, 4.69) is 10.6 Å². The highest BCUT2D eigenvalue weighted by molar-refractivity contribution is 6.02. The van der Waals surface area contributed by atoms with Gasteiger partial charge in [0.2, 0.25) is 0 Å². The number of benzene rings is 2. The fourth-order valence-corrected chi connectivity index (χ4v) is 2.12. The standard InChI is InChI=1S/C17H18N2O5/c1-3-18-17(23)19-15(21)10(2)24-16(22)13-9-8-11-6-4-5-7-12(11)14(13)20/h4-10,20H,3H2,1-2H3,(H2,18,19,21,23). The van der Waals surface area contributed by atoms with Gasteiger partial charge in [0.05, 0.1) is 0 Å². The first kappa shape index (κ1) is 17.3. The first-order valence-corrected chi connectivity index (χ1v) is 7.44. The van der Waals surface area contributed by atoms with E-state index in [1.165, 1.54) is 13.0 Å². The molecule has 7 heteroatoms. The van der Waals surface area contributed by atoms with Crippen LogP contribution in [0.25, 0.3) is 10.8 Å². The van der Waals surface area contributed by atoms with Gasteiger partial charge in [-0.2, -0.15) is 0 Å². The van der Waals surface area contributed by atoms with Crippen LogP contribution in [0.5, 0.6) is 5.75 Å². The number of ether oxygens (including phenoxy) is 1. The molecule has 0 heterocycles. The number of phenols is 1. The molecule has 0 aliphatic rings. The van der Waals surface area contributed by atoms with Gasteiger partial charge in [-0.05, 0) is 25.3 Å². The fraction of sp³-hybridized carbons (Fsp3) is 0.235. The molecule has 24 heavy (non-hydrogen) atoms. The smallest absolute Gasteiger partial charge is 0.342 e. The Bertz CT molecular complexity index is 788. The van der Waals surface area contributed by atoms with E-state index in [9.17, 15) is 19.5 Å². The molecule has 3 amide bonds. The predicted molar refractivity (Wildman–Crippen MR) is 87.7 cm³/mol. The molecule has 0 saturated heterocycles. The molecule has 0 aliphatic heterocycles. The van der Waals surface area contributed by atoms with Crippen LogP contribution < -0.4 is 10.6 Å². The maximum atomic E-state index is 12.2. The second kappa shape index (κ2) is 7.45. The highest BCUT2D eigenvalue weighted by atomic mass is 16.5. The summed E-state index contributed by atoms with van der Waals surface area (Å²) in [6.07, 6.45) is -1.19. The lowest BCUT2D eigenvalue weighted by molar-refractivity contribution is -0.127. The van der Waals surface area contributed by atoms with Gasteiger partial charge in [-0.1, -0.05) is 30.3 Å². The monoisotopic (exact) mass is 330 g/mol. The number of urea groups is 1. The molecule has 126 valence electrons. The largest absolute Gasteiger partial charge is 0.506 e. The summed E-state index contributed by atoms with van der Waals surface area (Å²) in [6.45, 7) is 3.40. The van der Waals surface area contributed by atoms with Gasteiger partial charge >= 0.3 is 12.0 Å². The van der Waals surface area contributed by atoms with Crippen LogP contribution in [0, 0.1) is 0 Å². The van der Waals surface area contributed by atoms with Crippen molar-refractivity contribution in [3.63, 3.8) is 0 Å². The van der Waals surface area contributed by atoms with Gasteiger partial charge in [-0.15, -0.1) is 0 Å². The van der Waals surface area contributed by atoms with E-state index in [0.717, 1.165) is 5.39 Å². The Morgan fingerprint density at radius 2 is 1.88 bits per heavy atom. The normalized spacial score (nSPS) is 11.6. The SMILES string of the molecule is CCNC(=O)NC(=O)C(C)OC(=O)c1ccc2ccccc2c1O. The number of imide groups is 1. The number of carbonyl (C=O) groups is 3. The molecule has 0 aromatic heterocycles. The van der Waals surface area contributed by atoms with Crippen molar-refractivity contribution < 1.29 is 24.2 Å². The molecule has 7 nitrogen and oxygen atoms in total. The number of rotatable bonds is 4. The molecule has 0 fully saturated rings. The summed E-state index contributed by atoms with van der Waals surface area (Å²) >= 11 is 0. The Morgan fingerprint density at radius 1 is 1.17 bits per heavy atom. The van der Waals surface area contributed by atoms with Crippen molar-refractivity contribution in [3.05, 3.63) is 42.0 Å². The summed E-state index contributed by atoms with van der Waals surface area (Å²) in [4.78, 5) is 35.2. The topological polar surface area (TPSA) is 105 Å². The van der Waals surface area contributed by atoms with Gasteiger partial charge in [-0.3, -0.25) is 10.1 Å². The van der Waals surface area contributed by atoms with E-state index < -0.39 is 24.0 Å². The number of carbonyl (C=O) groups excluding carboxylic acids is 3. The molecule has 0 spiro atoms. The van der Waals surface area contributed by atoms with Gasteiger partial charge in [0, 0.05) is 11.9 Å². The fourth-order valence-electron chi connectivity index (χ4n) is 2.12. The maximum Gasteiger partial charge on any atom is 0.342 e. The quantitative estimate of drug-likeness (QED) is 0.743. The molecule has 0 aliphatic carbocycles. The third-order valence-electron chi connectivity index (χ3n) is 3.35. The highest BCUT2D eigenvalue weighted by Gasteiger charge is 2.22. The van der Waals surface area contributed by atoms with Crippen LogP contribution in [-0.4, -0.2) is 35.7 Å². The first-order chi connectivity index (χ1) is 11.4. The van der Waals surface area contributed by atoms with Crippen LogP contribution in [-0.2, 0) is 9.53 Å². The van der Waals surface area contributed by atoms with Crippen molar-refractivity contribution in [2.45, 2.75) is 20.0 Å². The second-order valence-electron chi connectivity index (χ2n) is 5.08. The zero-order chi connectivity index (χ0) is 17.7. The molecule has 0 radical (unpaired) electrons. The highest BCUT2D eigenvalue weighted by Crippen LogP contribution is 2.29. The summed E-state index contributed by atoms with van der Waals surface area (Å²) in [6, 6.07) is 9.45. The van der Waals surface area contributed by atoms with Gasteiger partial charge in [0.15, 0.2) is 6.10 Å². The summed E-state index contributed by atoms with van der Waals surface area (Å²) in [5.74, 6) is -1.82. The summed E-state index contributed by atoms with van der Waals surface area (Å²) in [5, 5.41) is 15.9. The molecule has 2 rings (SSSR count). The maximum absolute atomic E-state index is 12.2. The Balaban J connectivity index is 2.11. The molecule has 1 unspecified atom stereocenters. The molecule has 2 aromatic rings. The van der Waals surface area contributed by atoms with Crippen LogP contribution in [0.1, 0.15) is 24.2 Å². The van der Waals surface area contributed by atoms with Crippen LogP contribution in [0.3, 0.4) is 0 Å². The summed E-state index contributed by atoms with van der Waals surface area (Å²) in [7, 11) is 0. The lowest BCUT2D eigenvalue weighted by Gasteiger charge is -2.14. The molecule has 0 saturated carbocycles. The third-order valence-corrected chi connectivity index (χ3v) is 3.35. The lowest BCUT2D eigenvalue weighted by atomic mass is 10.1. The van der Waals surface area contributed by atoms with Crippen LogP contribution >= 0.6 is 0 Å². The lowest BCUT2D eigenvalue weighted by Crippen LogP contribution is -2.44. The number of fused-ring (bicyclic) bond motifs is 1. The molecule has 2 aromatic carbocycles. The average molecular weight is 330 g/mol. The van der Waals surface area contributed by atoms with Crippen molar-refractivity contribution >= 4 is 28.7 Å². The Hall–Kier alpha value is -3.09. The average Bonchev–Trinajstić information content (AvgIpc) is 2.55. The van der Waals surface area contributed by atoms with Crippen molar-refractivity contribution in [2.75, 3.05) is 6.54 Å². The number of aromatic hydroxyl groups is 1. The van der Waals surface area contributed by atoms with E-state index in [4.69, 9.17) is 4.74 Å². The number of hydrogen-bond donors (Lipinski definition) is 3. The van der Waals surface area contributed by atoms with Crippen molar-refractivity contribution in [3.8, 4) is 5.75 Å². The van der Waals surface area contributed by atoms with Gasteiger partial charge < -0.3 is 15.2 Å².